The van der Waals surface area contributed by atoms with Crippen LogP contribution in [-0.2, 0) is 11.3 Å². The van der Waals surface area contributed by atoms with E-state index in [-0.39, 0.29) is 29.9 Å². The van der Waals surface area contributed by atoms with Crippen LogP contribution in [0.2, 0.25) is 0 Å². The number of aliphatic imine (C=N–C) groups is 1. The summed E-state index contributed by atoms with van der Waals surface area (Å²) in [5.41, 5.74) is 1.20. The van der Waals surface area contributed by atoms with Crippen molar-refractivity contribution in [3.8, 4) is 0 Å². The van der Waals surface area contributed by atoms with Crippen LogP contribution in [0.4, 0.5) is 0 Å². The van der Waals surface area contributed by atoms with Gasteiger partial charge < -0.3 is 24.7 Å². The molecule has 1 aromatic heterocycles. The highest BCUT2D eigenvalue weighted by molar-refractivity contribution is 14.0. The Balaban J connectivity index is 0.00000320. The molecule has 30 heavy (non-hydrogen) atoms. The molecule has 2 N–H and O–H groups in total. The van der Waals surface area contributed by atoms with Crippen molar-refractivity contribution in [3.05, 3.63) is 60.1 Å². The highest BCUT2D eigenvalue weighted by Gasteiger charge is 2.25. The maximum absolute atomic E-state index is 11.9. The van der Waals surface area contributed by atoms with Crippen LogP contribution in [0.15, 0.2) is 58.1 Å². The van der Waals surface area contributed by atoms with Gasteiger partial charge in [0, 0.05) is 32.1 Å². The average molecular weight is 526 g/mol. The minimum absolute atomic E-state index is 0. The van der Waals surface area contributed by atoms with Crippen LogP contribution in [0.1, 0.15) is 29.5 Å². The fourth-order valence-electron chi connectivity index (χ4n) is 3.33. The maximum atomic E-state index is 11.9. The number of nitrogens with one attached hydrogen (secondary N) is 2. The van der Waals surface area contributed by atoms with Crippen LogP contribution in [0.3, 0.4) is 0 Å². The summed E-state index contributed by atoms with van der Waals surface area (Å²) in [6.45, 7) is 7.15. The van der Waals surface area contributed by atoms with E-state index in [1.54, 1.807) is 12.1 Å². The average Bonchev–Trinajstić information content (AvgIpc) is 3.43. The standard InChI is InChI=1S/C22H30N4O3.HI/c1-2-23-22(25-12-11-24-21(27)20-9-6-14-29-20)26-13-10-19(15-26)17-28-16-18-7-4-3-5-8-18;/h3-9,14,19H,2,10-13,15-17H2,1H3,(H,23,25)(H,24,27);1H. The zero-order valence-electron chi connectivity index (χ0n) is 17.4. The van der Waals surface area contributed by atoms with Gasteiger partial charge in [0.05, 0.1) is 26.0 Å². The largest absolute Gasteiger partial charge is 0.459 e. The lowest BCUT2D eigenvalue weighted by Crippen LogP contribution is -2.40. The zero-order valence-corrected chi connectivity index (χ0v) is 19.7. The summed E-state index contributed by atoms with van der Waals surface area (Å²) >= 11 is 0. The third-order valence-corrected chi connectivity index (χ3v) is 4.79. The van der Waals surface area contributed by atoms with E-state index < -0.39 is 0 Å². The Bertz CT molecular complexity index is 768. The molecule has 1 amide bonds. The number of carbonyl (C=O) groups excluding carboxylic acids is 1. The van der Waals surface area contributed by atoms with Gasteiger partial charge in [-0.3, -0.25) is 9.79 Å². The monoisotopic (exact) mass is 526 g/mol. The van der Waals surface area contributed by atoms with Crippen molar-refractivity contribution in [2.24, 2.45) is 10.9 Å². The van der Waals surface area contributed by atoms with Gasteiger partial charge in [0.15, 0.2) is 11.7 Å². The number of hydrogen-bond acceptors (Lipinski definition) is 4. The molecule has 1 atom stereocenters. The molecule has 8 heteroatoms. The number of furan rings is 1. The summed E-state index contributed by atoms with van der Waals surface area (Å²) in [6.07, 6.45) is 2.58. The van der Waals surface area contributed by atoms with E-state index in [0.29, 0.717) is 31.4 Å². The molecule has 0 spiro atoms. The number of halogens is 1. The Morgan fingerprint density at radius 1 is 1.23 bits per heavy atom. The van der Waals surface area contributed by atoms with Gasteiger partial charge in [0.1, 0.15) is 0 Å². The van der Waals surface area contributed by atoms with Crippen molar-refractivity contribution in [2.45, 2.75) is 20.0 Å². The van der Waals surface area contributed by atoms with Crippen LogP contribution in [0.25, 0.3) is 0 Å². The minimum Gasteiger partial charge on any atom is -0.459 e. The van der Waals surface area contributed by atoms with E-state index in [1.807, 2.05) is 18.2 Å². The molecule has 1 unspecified atom stereocenters. The molecule has 0 radical (unpaired) electrons. The summed E-state index contributed by atoms with van der Waals surface area (Å²) in [7, 11) is 0. The topological polar surface area (TPSA) is 79.1 Å². The van der Waals surface area contributed by atoms with Crippen molar-refractivity contribution in [2.75, 3.05) is 39.3 Å². The fourth-order valence-corrected chi connectivity index (χ4v) is 3.33. The van der Waals surface area contributed by atoms with E-state index in [2.05, 4.69) is 39.6 Å². The third-order valence-electron chi connectivity index (χ3n) is 4.79. The number of amides is 1. The van der Waals surface area contributed by atoms with Crippen LogP contribution in [0.5, 0.6) is 0 Å². The van der Waals surface area contributed by atoms with Gasteiger partial charge in [0.2, 0.25) is 0 Å². The first kappa shape index (κ1) is 24.2. The van der Waals surface area contributed by atoms with Crippen molar-refractivity contribution in [1.82, 2.24) is 15.5 Å². The molecule has 1 saturated heterocycles. The summed E-state index contributed by atoms with van der Waals surface area (Å²) in [6, 6.07) is 13.6. The number of guanidine groups is 1. The molecule has 1 aromatic carbocycles. The van der Waals surface area contributed by atoms with Gasteiger partial charge in [-0.25, -0.2) is 0 Å². The third kappa shape index (κ3) is 7.64. The predicted molar refractivity (Wildman–Crippen MR) is 128 cm³/mol. The molecule has 1 aliphatic rings. The van der Waals surface area contributed by atoms with E-state index in [1.165, 1.54) is 11.8 Å². The molecule has 3 rings (SSSR count). The Labute approximate surface area is 195 Å². The number of benzene rings is 1. The number of carbonyl (C=O) groups is 1. The van der Waals surface area contributed by atoms with Gasteiger partial charge >= 0.3 is 0 Å². The number of nitrogens with zero attached hydrogens (tertiary/aromatic N) is 2. The second kappa shape index (κ2) is 13.3. The van der Waals surface area contributed by atoms with Gasteiger partial charge in [-0.15, -0.1) is 24.0 Å². The Kier molecular flexibility index (Phi) is 10.7. The molecule has 0 aliphatic carbocycles. The van der Waals surface area contributed by atoms with Gasteiger partial charge in [0.25, 0.3) is 5.91 Å². The van der Waals surface area contributed by atoms with E-state index in [4.69, 9.17) is 9.15 Å². The zero-order chi connectivity index (χ0) is 20.3. The van der Waals surface area contributed by atoms with Gasteiger partial charge in [-0.05, 0) is 31.0 Å². The fraction of sp³-hybridized carbons (Fsp3) is 0.455. The minimum atomic E-state index is -0.216. The smallest absolute Gasteiger partial charge is 0.287 e. The molecule has 2 aromatic rings. The summed E-state index contributed by atoms with van der Waals surface area (Å²) in [4.78, 5) is 18.8. The number of likely N-dealkylation sites (tertiary alicyclic amines) is 1. The molecule has 2 heterocycles. The lowest BCUT2D eigenvalue weighted by atomic mass is 10.1. The van der Waals surface area contributed by atoms with Crippen molar-refractivity contribution >= 4 is 35.8 Å². The lowest BCUT2D eigenvalue weighted by molar-refractivity contribution is 0.0906. The van der Waals surface area contributed by atoms with Crippen LogP contribution < -0.4 is 10.6 Å². The van der Waals surface area contributed by atoms with Crippen molar-refractivity contribution < 1.29 is 13.9 Å². The van der Waals surface area contributed by atoms with Crippen LogP contribution >= 0.6 is 24.0 Å². The summed E-state index contributed by atoms with van der Waals surface area (Å²) in [5, 5.41) is 6.17. The first-order chi connectivity index (χ1) is 14.3. The number of hydrogen-bond donors (Lipinski definition) is 2. The second-order valence-electron chi connectivity index (χ2n) is 7.07. The van der Waals surface area contributed by atoms with Gasteiger partial charge in [-0.1, -0.05) is 30.3 Å². The highest BCUT2D eigenvalue weighted by atomic mass is 127. The Hall–Kier alpha value is -2.07. The van der Waals surface area contributed by atoms with Crippen LogP contribution in [-0.4, -0.2) is 56.1 Å². The molecule has 7 nitrogen and oxygen atoms in total. The molecular weight excluding hydrogens is 495 g/mol. The van der Waals surface area contributed by atoms with Crippen molar-refractivity contribution in [3.63, 3.8) is 0 Å². The first-order valence-corrected chi connectivity index (χ1v) is 10.2. The molecule has 164 valence electrons. The Morgan fingerprint density at radius 3 is 2.80 bits per heavy atom. The highest BCUT2D eigenvalue weighted by Crippen LogP contribution is 2.17. The van der Waals surface area contributed by atoms with E-state index >= 15 is 0 Å². The first-order valence-electron chi connectivity index (χ1n) is 10.2. The summed E-state index contributed by atoms with van der Waals surface area (Å²) < 4.78 is 11.0. The van der Waals surface area contributed by atoms with Crippen LogP contribution in [0, 0.1) is 5.92 Å². The number of ether oxygens (including phenoxy) is 1. The van der Waals surface area contributed by atoms with E-state index in [9.17, 15) is 4.79 Å². The molecule has 0 saturated carbocycles. The van der Waals surface area contributed by atoms with E-state index in [0.717, 1.165) is 38.6 Å². The second-order valence-corrected chi connectivity index (χ2v) is 7.07. The maximum Gasteiger partial charge on any atom is 0.287 e. The normalized spacial score (nSPS) is 16.2. The Morgan fingerprint density at radius 2 is 2.07 bits per heavy atom. The molecule has 1 aliphatic heterocycles. The SMILES string of the molecule is CCNC(=NCCNC(=O)c1ccco1)N1CCC(COCc2ccccc2)C1.I. The molecule has 0 bridgehead atoms. The van der Waals surface area contributed by atoms with Crippen molar-refractivity contribution in [1.29, 1.82) is 0 Å². The summed E-state index contributed by atoms with van der Waals surface area (Å²) in [5.74, 6) is 1.50. The predicted octanol–water partition coefficient (Wildman–Crippen LogP) is 3.13. The lowest BCUT2D eigenvalue weighted by Gasteiger charge is -2.21. The molecule has 1 fully saturated rings. The van der Waals surface area contributed by atoms with Gasteiger partial charge in [-0.2, -0.15) is 0 Å². The quantitative estimate of drug-likeness (QED) is 0.227. The molecular formula is C22H31IN4O3. The number of rotatable bonds is 9.